The Morgan fingerprint density at radius 1 is 1.12 bits per heavy atom. The number of hydrogen-bond acceptors (Lipinski definition) is 1. The summed E-state index contributed by atoms with van der Waals surface area (Å²) >= 11 is 12.1. The van der Waals surface area contributed by atoms with Gasteiger partial charge in [0.15, 0.2) is 0 Å². The fraction of sp³-hybridized carbons (Fsp3) is 0.308. The van der Waals surface area contributed by atoms with Crippen LogP contribution in [0.3, 0.4) is 0 Å². The minimum absolute atomic E-state index is 0.0380. The lowest BCUT2D eigenvalue weighted by atomic mass is 9.92. The van der Waals surface area contributed by atoms with Gasteiger partial charge in [-0.3, -0.25) is 5.10 Å². The predicted molar refractivity (Wildman–Crippen MR) is 72.7 cm³/mol. The molecular formula is C13H14Cl2N2. The predicted octanol–water partition coefficient (Wildman–Crippen LogP) is 4.68. The molecule has 1 aromatic heterocycles. The van der Waals surface area contributed by atoms with Gasteiger partial charge in [0.05, 0.1) is 10.7 Å². The number of nitrogens with zero attached hydrogens (tertiary/aromatic N) is 1. The monoisotopic (exact) mass is 268 g/mol. The Hall–Kier alpha value is -0.990. The molecule has 17 heavy (non-hydrogen) atoms. The van der Waals surface area contributed by atoms with Crippen LogP contribution in [0.25, 0.3) is 11.3 Å². The number of rotatable bonds is 1. The summed E-state index contributed by atoms with van der Waals surface area (Å²) in [5.74, 6) is 0. The van der Waals surface area contributed by atoms with Crippen molar-refractivity contribution in [1.29, 1.82) is 0 Å². The zero-order valence-electron chi connectivity index (χ0n) is 10.0. The smallest absolute Gasteiger partial charge is 0.0939 e. The number of halogens is 2. The van der Waals surface area contributed by atoms with Gasteiger partial charge in [0.25, 0.3) is 0 Å². The van der Waals surface area contributed by atoms with Gasteiger partial charge in [0.1, 0.15) is 0 Å². The summed E-state index contributed by atoms with van der Waals surface area (Å²) in [5.41, 5.74) is 2.79. The third-order valence-electron chi connectivity index (χ3n) is 2.59. The first kappa shape index (κ1) is 12.5. The molecule has 0 saturated heterocycles. The van der Waals surface area contributed by atoms with Crippen molar-refractivity contribution in [1.82, 2.24) is 10.2 Å². The molecule has 0 saturated carbocycles. The van der Waals surface area contributed by atoms with Crippen LogP contribution < -0.4 is 0 Å². The first-order valence-corrected chi connectivity index (χ1v) is 6.15. The first-order valence-electron chi connectivity index (χ1n) is 5.39. The number of benzene rings is 1. The van der Waals surface area contributed by atoms with Gasteiger partial charge in [-0.2, -0.15) is 5.10 Å². The van der Waals surface area contributed by atoms with Gasteiger partial charge in [-0.1, -0.05) is 44.0 Å². The average Bonchev–Trinajstić information content (AvgIpc) is 2.70. The molecule has 1 N–H and O–H groups in total. The van der Waals surface area contributed by atoms with E-state index in [-0.39, 0.29) is 5.41 Å². The molecule has 2 rings (SSSR count). The largest absolute Gasteiger partial charge is 0.281 e. The van der Waals surface area contributed by atoms with Crippen LogP contribution >= 0.6 is 23.2 Å². The zero-order chi connectivity index (χ0) is 12.6. The molecule has 4 heteroatoms. The molecular weight excluding hydrogens is 255 g/mol. The van der Waals surface area contributed by atoms with Crippen LogP contribution in [0.5, 0.6) is 0 Å². The number of hydrogen-bond donors (Lipinski definition) is 1. The molecule has 0 radical (unpaired) electrons. The third kappa shape index (κ3) is 2.64. The van der Waals surface area contributed by atoms with Crippen molar-refractivity contribution in [2.45, 2.75) is 26.2 Å². The highest BCUT2D eigenvalue weighted by Crippen LogP contribution is 2.31. The van der Waals surface area contributed by atoms with E-state index in [1.807, 2.05) is 12.1 Å². The second kappa shape index (κ2) is 4.35. The summed E-state index contributed by atoms with van der Waals surface area (Å²) in [6.07, 6.45) is 0. The van der Waals surface area contributed by atoms with Gasteiger partial charge in [0, 0.05) is 21.7 Å². The summed E-state index contributed by atoms with van der Waals surface area (Å²) in [5, 5.41) is 8.64. The highest BCUT2D eigenvalue weighted by molar-refractivity contribution is 6.35. The second-order valence-corrected chi connectivity index (χ2v) is 5.88. The number of aromatic amines is 1. The zero-order valence-corrected chi connectivity index (χ0v) is 11.5. The number of H-pyrrole nitrogens is 1. The standard InChI is InChI=1S/C13H14Cl2N2/c1-13(2,3)12-7-11(16-17-12)9-6-8(14)4-5-10(9)15/h4-7H,1-3H3,(H,16,17). The van der Waals surface area contributed by atoms with E-state index in [0.717, 1.165) is 17.0 Å². The fourth-order valence-corrected chi connectivity index (χ4v) is 1.92. The Labute approximate surface area is 111 Å². The maximum atomic E-state index is 6.14. The first-order chi connectivity index (χ1) is 7.88. The molecule has 0 amide bonds. The summed E-state index contributed by atoms with van der Waals surface area (Å²) in [6.45, 7) is 6.39. The van der Waals surface area contributed by atoms with Gasteiger partial charge < -0.3 is 0 Å². The molecule has 0 bridgehead atoms. The molecule has 2 nitrogen and oxygen atoms in total. The van der Waals surface area contributed by atoms with Gasteiger partial charge in [-0.15, -0.1) is 0 Å². The molecule has 90 valence electrons. The van der Waals surface area contributed by atoms with E-state index in [2.05, 4.69) is 31.0 Å². The van der Waals surface area contributed by atoms with Crippen LogP contribution in [0, 0.1) is 0 Å². The molecule has 0 spiro atoms. The van der Waals surface area contributed by atoms with Crippen LogP contribution in [-0.2, 0) is 5.41 Å². The number of nitrogens with one attached hydrogen (secondary N) is 1. The molecule has 1 aromatic carbocycles. The summed E-state index contributed by atoms with van der Waals surface area (Å²) in [6, 6.07) is 7.39. The van der Waals surface area contributed by atoms with E-state index in [1.165, 1.54) is 0 Å². The van der Waals surface area contributed by atoms with Crippen LogP contribution in [0.2, 0.25) is 10.0 Å². The molecule has 0 unspecified atom stereocenters. The van der Waals surface area contributed by atoms with Gasteiger partial charge in [-0.05, 0) is 24.3 Å². The van der Waals surface area contributed by atoms with Crippen LogP contribution in [-0.4, -0.2) is 10.2 Å². The Kier molecular flexibility index (Phi) is 3.19. The van der Waals surface area contributed by atoms with Crippen molar-refractivity contribution >= 4 is 23.2 Å². The quantitative estimate of drug-likeness (QED) is 0.799. The van der Waals surface area contributed by atoms with Gasteiger partial charge >= 0.3 is 0 Å². The second-order valence-electron chi connectivity index (χ2n) is 5.04. The lowest BCUT2D eigenvalue weighted by Gasteiger charge is -2.14. The van der Waals surface area contributed by atoms with Crippen molar-refractivity contribution < 1.29 is 0 Å². The van der Waals surface area contributed by atoms with E-state index in [1.54, 1.807) is 12.1 Å². The lowest BCUT2D eigenvalue weighted by Crippen LogP contribution is -2.11. The number of aromatic nitrogens is 2. The summed E-state index contributed by atoms with van der Waals surface area (Å²) in [7, 11) is 0. The van der Waals surface area contributed by atoms with E-state index in [4.69, 9.17) is 23.2 Å². The molecule has 0 aliphatic carbocycles. The average molecular weight is 269 g/mol. The normalized spacial score (nSPS) is 11.8. The topological polar surface area (TPSA) is 28.7 Å². The highest BCUT2D eigenvalue weighted by atomic mass is 35.5. The molecule has 0 atom stereocenters. The van der Waals surface area contributed by atoms with Crippen LogP contribution in [0.4, 0.5) is 0 Å². The highest BCUT2D eigenvalue weighted by Gasteiger charge is 2.18. The minimum atomic E-state index is 0.0380. The van der Waals surface area contributed by atoms with E-state index >= 15 is 0 Å². The molecule has 2 aromatic rings. The van der Waals surface area contributed by atoms with E-state index in [0.29, 0.717) is 10.0 Å². The van der Waals surface area contributed by atoms with Crippen molar-refractivity contribution in [3.8, 4) is 11.3 Å². The van der Waals surface area contributed by atoms with Gasteiger partial charge in [-0.25, -0.2) is 0 Å². The maximum absolute atomic E-state index is 6.14. The molecule has 1 heterocycles. The SMILES string of the molecule is CC(C)(C)c1cc(-c2cc(Cl)ccc2Cl)n[nH]1. The maximum Gasteiger partial charge on any atom is 0.0939 e. The fourth-order valence-electron chi connectivity index (χ4n) is 1.54. The van der Waals surface area contributed by atoms with Crippen molar-refractivity contribution in [3.63, 3.8) is 0 Å². The van der Waals surface area contributed by atoms with Crippen LogP contribution in [0.1, 0.15) is 26.5 Å². The molecule has 0 aliphatic rings. The van der Waals surface area contributed by atoms with Crippen molar-refractivity contribution in [2.75, 3.05) is 0 Å². The minimum Gasteiger partial charge on any atom is -0.281 e. The van der Waals surface area contributed by atoms with Crippen LogP contribution in [0.15, 0.2) is 24.3 Å². The molecule has 0 aliphatic heterocycles. The molecule has 0 fully saturated rings. The van der Waals surface area contributed by atoms with Crippen molar-refractivity contribution in [3.05, 3.63) is 40.0 Å². The summed E-state index contributed by atoms with van der Waals surface area (Å²) in [4.78, 5) is 0. The Bertz CT molecular complexity index is 539. The Morgan fingerprint density at radius 2 is 1.82 bits per heavy atom. The van der Waals surface area contributed by atoms with Gasteiger partial charge in [0.2, 0.25) is 0 Å². The Morgan fingerprint density at radius 3 is 2.41 bits per heavy atom. The lowest BCUT2D eigenvalue weighted by molar-refractivity contribution is 0.567. The Balaban J connectivity index is 2.47. The third-order valence-corrected chi connectivity index (χ3v) is 3.15. The van der Waals surface area contributed by atoms with E-state index < -0.39 is 0 Å². The van der Waals surface area contributed by atoms with E-state index in [9.17, 15) is 0 Å². The van der Waals surface area contributed by atoms with Crippen molar-refractivity contribution in [2.24, 2.45) is 0 Å². The summed E-state index contributed by atoms with van der Waals surface area (Å²) < 4.78 is 0.